The number of carbonyl (C=O) groups is 1. The maximum atomic E-state index is 13.4. The van der Waals surface area contributed by atoms with Crippen LogP contribution < -0.4 is 10.5 Å². The van der Waals surface area contributed by atoms with Gasteiger partial charge in [0.1, 0.15) is 11.4 Å². The zero-order valence-corrected chi connectivity index (χ0v) is 20.7. The summed E-state index contributed by atoms with van der Waals surface area (Å²) in [5.41, 5.74) is 4.48. The van der Waals surface area contributed by atoms with Gasteiger partial charge in [-0.25, -0.2) is 4.98 Å². The van der Waals surface area contributed by atoms with Gasteiger partial charge in [-0.1, -0.05) is 47.6 Å². The van der Waals surface area contributed by atoms with Crippen molar-refractivity contribution in [2.45, 2.75) is 33.2 Å². The van der Waals surface area contributed by atoms with Gasteiger partial charge in [-0.05, 0) is 49.4 Å². The van der Waals surface area contributed by atoms with Gasteiger partial charge >= 0.3 is 0 Å². The van der Waals surface area contributed by atoms with E-state index in [4.69, 9.17) is 4.52 Å². The zero-order chi connectivity index (χ0) is 24.8. The maximum absolute atomic E-state index is 13.4. The van der Waals surface area contributed by atoms with Crippen molar-refractivity contribution in [2.75, 3.05) is 11.4 Å². The van der Waals surface area contributed by atoms with Crippen LogP contribution in [0.5, 0.6) is 0 Å². The minimum atomic E-state index is -0.253. The van der Waals surface area contributed by atoms with Crippen LogP contribution in [0.15, 0.2) is 64.2 Å². The van der Waals surface area contributed by atoms with Gasteiger partial charge in [0.25, 0.3) is 11.4 Å². The van der Waals surface area contributed by atoms with Gasteiger partial charge in [0, 0.05) is 17.8 Å². The molecule has 3 aromatic heterocycles. The molecule has 180 valence electrons. The van der Waals surface area contributed by atoms with Gasteiger partial charge < -0.3 is 9.42 Å². The Hall–Kier alpha value is -4.11. The molecule has 0 atom stereocenters. The minimum absolute atomic E-state index is 0.0707. The summed E-state index contributed by atoms with van der Waals surface area (Å²) in [7, 11) is 0. The summed E-state index contributed by atoms with van der Waals surface area (Å²) in [6, 6.07) is 15.8. The highest BCUT2D eigenvalue weighted by Gasteiger charge is 2.25. The third kappa shape index (κ3) is 3.72. The van der Waals surface area contributed by atoms with Crippen molar-refractivity contribution in [3.8, 4) is 22.2 Å². The number of amides is 1. The Balaban J connectivity index is 1.33. The summed E-state index contributed by atoms with van der Waals surface area (Å²) in [5, 5.41) is 4.62. The third-order valence-electron chi connectivity index (χ3n) is 6.64. The van der Waals surface area contributed by atoms with Gasteiger partial charge in [0.2, 0.25) is 11.7 Å². The van der Waals surface area contributed by atoms with E-state index in [0.717, 1.165) is 40.8 Å². The lowest BCUT2D eigenvalue weighted by molar-refractivity contribution is -0.119. The van der Waals surface area contributed by atoms with Crippen molar-refractivity contribution < 1.29 is 9.32 Å². The number of aromatic nitrogens is 4. The number of thiophene rings is 1. The van der Waals surface area contributed by atoms with Crippen LogP contribution in [-0.4, -0.2) is 32.1 Å². The average molecular weight is 498 g/mol. The number of rotatable bonds is 4. The molecular weight excluding hydrogens is 474 g/mol. The molecule has 5 aromatic rings. The first kappa shape index (κ1) is 22.4. The first-order valence-corrected chi connectivity index (χ1v) is 12.6. The van der Waals surface area contributed by atoms with Gasteiger partial charge in [0.05, 0.1) is 16.6 Å². The number of para-hydroxylation sites is 1. The topological polar surface area (TPSA) is 94.1 Å². The number of nitrogens with zero attached hydrogens (tertiary/aromatic N) is 5. The molecule has 0 N–H and O–H groups in total. The standard InChI is InChI=1S/C27H23N5O3S/c1-16-8-3-5-11-19(16)24-29-25(35-30-24)23-17(2)22-26(36-23)28-15-31(27(22)34)14-21(33)32-13-7-10-18-9-4-6-12-20(18)32/h3-6,8-9,11-12,15H,7,10,13-14H2,1-2H3. The lowest BCUT2D eigenvalue weighted by Gasteiger charge is -2.29. The van der Waals surface area contributed by atoms with Crippen LogP contribution in [0, 0.1) is 13.8 Å². The van der Waals surface area contributed by atoms with Gasteiger partial charge in [0.15, 0.2) is 0 Å². The normalized spacial score (nSPS) is 13.2. The predicted molar refractivity (Wildman–Crippen MR) is 139 cm³/mol. The van der Waals surface area contributed by atoms with Crippen molar-refractivity contribution in [3.05, 3.63) is 81.9 Å². The second kappa shape index (κ2) is 8.83. The fraction of sp³-hybridized carbons (Fsp3) is 0.222. The minimum Gasteiger partial charge on any atom is -0.333 e. The van der Waals surface area contributed by atoms with Crippen LogP contribution in [0.1, 0.15) is 23.1 Å². The quantitative estimate of drug-likeness (QED) is 0.355. The van der Waals surface area contributed by atoms with Crippen LogP contribution in [0.25, 0.3) is 32.4 Å². The summed E-state index contributed by atoms with van der Waals surface area (Å²) in [4.78, 5) is 38.8. The number of carbonyl (C=O) groups excluding carboxylic acids is 1. The van der Waals surface area contributed by atoms with Crippen LogP contribution in [0.3, 0.4) is 0 Å². The summed E-state index contributed by atoms with van der Waals surface area (Å²) >= 11 is 1.33. The summed E-state index contributed by atoms with van der Waals surface area (Å²) in [6.07, 6.45) is 3.30. The Morgan fingerprint density at radius 1 is 1.11 bits per heavy atom. The van der Waals surface area contributed by atoms with Crippen LogP contribution in [-0.2, 0) is 17.8 Å². The van der Waals surface area contributed by atoms with Crippen molar-refractivity contribution >= 4 is 33.1 Å². The molecule has 0 aliphatic carbocycles. The molecule has 0 unspecified atom stereocenters. The Morgan fingerprint density at radius 3 is 2.78 bits per heavy atom. The number of hydrogen-bond acceptors (Lipinski definition) is 7. The highest BCUT2D eigenvalue weighted by Crippen LogP contribution is 2.36. The molecule has 0 radical (unpaired) electrons. The molecule has 0 saturated heterocycles. The van der Waals surface area contributed by atoms with Crippen molar-refractivity contribution in [1.29, 1.82) is 0 Å². The van der Waals surface area contributed by atoms with Crippen LogP contribution >= 0.6 is 11.3 Å². The summed E-state index contributed by atoms with van der Waals surface area (Å²) < 4.78 is 6.96. The first-order chi connectivity index (χ1) is 17.5. The smallest absolute Gasteiger partial charge is 0.268 e. The average Bonchev–Trinajstić information content (AvgIpc) is 3.50. The maximum Gasteiger partial charge on any atom is 0.268 e. The van der Waals surface area contributed by atoms with Crippen molar-refractivity contribution in [2.24, 2.45) is 0 Å². The molecule has 9 heteroatoms. The molecule has 6 rings (SSSR count). The first-order valence-electron chi connectivity index (χ1n) is 11.8. The fourth-order valence-electron chi connectivity index (χ4n) is 4.75. The van der Waals surface area contributed by atoms with Crippen molar-refractivity contribution in [1.82, 2.24) is 19.7 Å². The molecule has 8 nitrogen and oxygen atoms in total. The molecular formula is C27H23N5O3S. The lowest BCUT2D eigenvalue weighted by atomic mass is 10.0. The highest BCUT2D eigenvalue weighted by atomic mass is 32.1. The molecule has 0 spiro atoms. The Kier molecular flexibility index (Phi) is 5.49. The van der Waals surface area contributed by atoms with E-state index in [9.17, 15) is 9.59 Å². The van der Waals surface area contributed by atoms with E-state index in [1.54, 1.807) is 4.90 Å². The molecule has 2 aromatic carbocycles. The van der Waals surface area contributed by atoms with E-state index in [-0.39, 0.29) is 18.0 Å². The lowest BCUT2D eigenvalue weighted by Crippen LogP contribution is -2.39. The molecule has 36 heavy (non-hydrogen) atoms. The zero-order valence-electron chi connectivity index (χ0n) is 19.9. The molecule has 0 saturated carbocycles. The third-order valence-corrected chi connectivity index (χ3v) is 7.83. The fourth-order valence-corrected chi connectivity index (χ4v) is 5.81. The number of benzene rings is 2. The summed E-state index contributed by atoms with van der Waals surface area (Å²) in [5.74, 6) is 0.719. The van der Waals surface area contributed by atoms with E-state index in [0.29, 0.717) is 33.4 Å². The molecule has 1 aliphatic rings. The van der Waals surface area contributed by atoms with Gasteiger partial charge in [-0.15, -0.1) is 11.3 Å². The number of fused-ring (bicyclic) bond motifs is 2. The largest absolute Gasteiger partial charge is 0.333 e. The van der Waals surface area contributed by atoms with Gasteiger partial charge in [-0.3, -0.25) is 14.2 Å². The highest BCUT2D eigenvalue weighted by molar-refractivity contribution is 7.22. The molecule has 0 bridgehead atoms. The monoisotopic (exact) mass is 497 g/mol. The number of aryl methyl sites for hydroxylation is 3. The molecule has 4 heterocycles. The predicted octanol–water partition coefficient (Wildman–Crippen LogP) is 4.77. The summed E-state index contributed by atoms with van der Waals surface area (Å²) in [6.45, 7) is 4.41. The Morgan fingerprint density at radius 2 is 1.92 bits per heavy atom. The van der Waals surface area contributed by atoms with Gasteiger partial charge in [-0.2, -0.15) is 4.98 Å². The van der Waals surface area contributed by atoms with E-state index >= 15 is 0 Å². The second-order valence-electron chi connectivity index (χ2n) is 8.93. The molecule has 0 fully saturated rings. The van der Waals surface area contributed by atoms with E-state index in [1.807, 2.05) is 62.4 Å². The number of anilines is 1. The van der Waals surface area contributed by atoms with Crippen LogP contribution in [0.4, 0.5) is 5.69 Å². The Labute approximate surface area is 210 Å². The van der Waals surface area contributed by atoms with Crippen LogP contribution in [0.2, 0.25) is 0 Å². The molecule has 1 amide bonds. The van der Waals surface area contributed by atoms with Crippen molar-refractivity contribution in [3.63, 3.8) is 0 Å². The number of hydrogen-bond donors (Lipinski definition) is 0. The Bertz CT molecular complexity index is 1680. The van der Waals surface area contributed by atoms with E-state index < -0.39 is 0 Å². The SMILES string of the molecule is Cc1ccccc1-c1noc(-c2sc3ncn(CC(=O)N4CCCc5ccccc54)c(=O)c3c2C)n1. The van der Waals surface area contributed by atoms with E-state index in [2.05, 4.69) is 15.1 Å². The van der Waals surface area contributed by atoms with E-state index in [1.165, 1.54) is 22.2 Å². The molecule has 1 aliphatic heterocycles. The second-order valence-corrected chi connectivity index (χ2v) is 9.93.